The Morgan fingerprint density at radius 1 is 1.78 bits per heavy atom. The monoisotopic (exact) mass is 135 g/mol. The summed E-state index contributed by atoms with van der Waals surface area (Å²) >= 11 is 0. The highest BCUT2D eigenvalue weighted by Gasteiger charge is 2.28. The molecule has 0 amide bonds. The first-order valence-electron chi connectivity index (χ1n) is 2.21. The molecule has 0 fully saturated rings. The summed E-state index contributed by atoms with van der Waals surface area (Å²) in [7, 11) is 0. The van der Waals surface area contributed by atoms with E-state index in [-0.39, 0.29) is 0 Å². The number of rotatable bonds is 3. The smallest absolute Gasteiger partial charge is 0.290 e. The first-order valence-corrected chi connectivity index (χ1v) is 2.21. The van der Waals surface area contributed by atoms with Crippen molar-refractivity contribution in [3.05, 3.63) is 12.7 Å². The Morgan fingerprint density at radius 3 is 2.33 bits per heavy atom. The lowest BCUT2D eigenvalue weighted by Crippen LogP contribution is -2.40. The molecule has 0 aromatic carbocycles. The Kier molecular flexibility index (Phi) is 2.30. The number of carbonyl (C=O) groups is 1. The van der Waals surface area contributed by atoms with Crippen LogP contribution in [0.15, 0.2) is 12.7 Å². The Balaban J connectivity index is 4.00. The van der Waals surface area contributed by atoms with Crippen molar-refractivity contribution in [1.29, 1.82) is 0 Å². The first-order chi connectivity index (χ1) is 4.00. The number of carboxylic acids is 1. The van der Waals surface area contributed by atoms with Crippen LogP contribution in [0.5, 0.6) is 0 Å². The molecule has 0 aliphatic rings. The third-order valence-electron chi connectivity index (χ3n) is 0.699. The number of halogens is 2. The zero-order chi connectivity index (χ0) is 7.49. The molecule has 0 rings (SSSR count). The zero-order valence-corrected chi connectivity index (χ0v) is 4.56. The Labute approximate surface area is 50.8 Å². The lowest BCUT2D eigenvalue weighted by atomic mass is 10.2. The molecule has 2 nitrogen and oxygen atoms in total. The van der Waals surface area contributed by atoms with E-state index >= 15 is 0 Å². The van der Waals surface area contributed by atoms with Gasteiger partial charge in [-0.3, -0.25) is 0 Å². The lowest BCUT2D eigenvalue weighted by Gasteiger charge is -2.13. The highest BCUT2D eigenvalue weighted by atomic mass is 19.3. The molecule has 0 aliphatic carbocycles. The number of hydrogen-bond acceptors (Lipinski definition) is 2. The number of carbonyl (C=O) groups excluding carboxylic acids is 1. The van der Waals surface area contributed by atoms with E-state index in [9.17, 15) is 18.7 Å². The summed E-state index contributed by atoms with van der Waals surface area (Å²) in [5, 5.41) is 9.50. The van der Waals surface area contributed by atoms with E-state index in [1.165, 1.54) is 0 Å². The number of carboxylic acid groups (broad SMARTS) is 1. The van der Waals surface area contributed by atoms with Gasteiger partial charge < -0.3 is 9.90 Å². The van der Waals surface area contributed by atoms with Gasteiger partial charge in [0.1, 0.15) is 5.97 Å². The highest BCUT2D eigenvalue weighted by Crippen LogP contribution is 2.16. The zero-order valence-electron chi connectivity index (χ0n) is 4.56. The third-order valence-corrected chi connectivity index (χ3v) is 0.699. The van der Waals surface area contributed by atoms with E-state index in [2.05, 4.69) is 6.58 Å². The van der Waals surface area contributed by atoms with E-state index in [0.717, 1.165) is 6.08 Å². The maximum atomic E-state index is 11.8. The van der Waals surface area contributed by atoms with E-state index < -0.39 is 18.3 Å². The molecule has 0 unspecified atom stereocenters. The van der Waals surface area contributed by atoms with Gasteiger partial charge in [0.25, 0.3) is 5.92 Å². The van der Waals surface area contributed by atoms with Crippen molar-refractivity contribution >= 4 is 5.97 Å². The summed E-state index contributed by atoms with van der Waals surface area (Å²) in [5.41, 5.74) is 0. The largest absolute Gasteiger partial charge is 0.544 e. The predicted molar refractivity (Wildman–Crippen MR) is 24.8 cm³/mol. The third kappa shape index (κ3) is 2.21. The molecule has 0 aromatic rings. The molecule has 0 aromatic heterocycles. The van der Waals surface area contributed by atoms with Crippen LogP contribution in [0.4, 0.5) is 8.78 Å². The van der Waals surface area contributed by atoms with Crippen LogP contribution in [0.2, 0.25) is 0 Å². The van der Waals surface area contributed by atoms with Gasteiger partial charge in [-0.2, -0.15) is 8.78 Å². The van der Waals surface area contributed by atoms with Crippen LogP contribution in [0, 0.1) is 0 Å². The summed E-state index contributed by atoms with van der Waals surface area (Å²) < 4.78 is 23.6. The second-order valence-electron chi connectivity index (χ2n) is 1.48. The lowest BCUT2D eigenvalue weighted by molar-refractivity contribution is -0.329. The second kappa shape index (κ2) is 2.57. The summed E-state index contributed by atoms with van der Waals surface area (Å²) in [6.45, 7) is 2.96. The van der Waals surface area contributed by atoms with E-state index in [4.69, 9.17) is 0 Å². The van der Waals surface area contributed by atoms with Gasteiger partial charge in [0.05, 0.1) is 0 Å². The van der Waals surface area contributed by atoms with Crippen LogP contribution in [0.25, 0.3) is 0 Å². The molecular formula is C5H5F2O2-. The molecule has 0 saturated heterocycles. The van der Waals surface area contributed by atoms with Crippen molar-refractivity contribution in [2.24, 2.45) is 0 Å². The molecule has 52 valence electrons. The Bertz CT molecular complexity index is 131. The summed E-state index contributed by atoms with van der Waals surface area (Å²) in [6, 6.07) is 0. The quantitative estimate of drug-likeness (QED) is 0.509. The van der Waals surface area contributed by atoms with Crippen LogP contribution < -0.4 is 5.11 Å². The molecule has 0 bridgehead atoms. The molecule has 0 spiro atoms. The van der Waals surface area contributed by atoms with Crippen molar-refractivity contribution in [2.75, 3.05) is 0 Å². The molecule has 0 saturated carbocycles. The van der Waals surface area contributed by atoms with Gasteiger partial charge in [0.15, 0.2) is 0 Å². The van der Waals surface area contributed by atoms with Crippen molar-refractivity contribution in [1.82, 2.24) is 0 Å². The van der Waals surface area contributed by atoms with Crippen molar-refractivity contribution < 1.29 is 18.7 Å². The van der Waals surface area contributed by atoms with Crippen LogP contribution in [0.3, 0.4) is 0 Å². The summed E-state index contributed by atoms with van der Waals surface area (Å²) in [4.78, 5) is 9.50. The molecule has 0 aliphatic heterocycles. The van der Waals surface area contributed by atoms with E-state index in [0.29, 0.717) is 0 Å². The first kappa shape index (κ1) is 8.07. The molecule has 0 heterocycles. The van der Waals surface area contributed by atoms with Gasteiger partial charge >= 0.3 is 0 Å². The van der Waals surface area contributed by atoms with Crippen LogP contribution in [-0.4, -0.2) is 11.9 Å². The molecule has 4 heteroatoms. The predicted octanol–water partition coefficient (Wildman–Crippen LogP) is -0.0523. The molecule has 0 atom stereocenters. The fourth-order valence-electron chi connectivity index (χ4n) is 0.265. The van der Waals surface area contributed by atoms with Crippen LogP contribution >= 0.6 is 0 Å². The average Bonchev–Trinajstić information content (AvgIpc) is 1.65. The standard InChI is InChI=1S/C5H6F2O2/c1-2-3-5(6,7)4(8)9/h2H,1,3H2,(H,8,9)/p-1. The minimum atomic E-state index is -3.76. The fraction of sp³-hybridized carbons (Fsp3) is 0.400. The van der Waals surface area contributed by atoms with Crippen molar-refractivity contribution in [2.45, 2.75) is 12.3 Å². The number of hydrogen-bond donors (Lipinski definition) is 0. The van der Waals surface area contributed by atoms with Gasteiger partial charge in [-0.15, -0.1) is 6.58 Å². The van der Waals surface area contributed by atoms with Crippen LogP contribution in [-0.2, 0) is 4.79 Å². The second-order valence-corrected chi connectivity index (χ2v) is 1.48. The van der Waals surface area contributed by atoms with Gasteiger partial charge in [0, 0.05) is 6.42 Å². The molecular weight excluding hydrogens is 130 g/mol. The normalized spacial score (nSPS) is 10.9. The topological polar surface area (TPSA) is 40.1 Å². The molecule has 0 radical (unpaired) electrons. The van der Waals surface area contributed by atoms with Crippen molar-refractivity contribution in [3.8, 4) is 0 Å². The van der Waals surface area contributed by atoms with Gasteiger partial charge in [-0.1, -0.05) is 6.08 Å². The van der Waals surface area contributed by atoms with E-state index in [1.807, 2.05) is 0 Å². The Hall–Kier alpha value is -0.930. The maximum absolute atomic E-state index is 11.8. The fourth-order valence-corrected chi connectivity index (χ4v) is 0.265. The number of aliphatic carboxylic acids is 1. The van der Waals surface area contributed by atoms with Crippen molar-refractivity contribution in [3.63, 3.8) is 0 Å². The van der Waals surface area contributed by atoms with Gasteiger partial charge in [0.2, 0.25) is 0 Å². The van der Waals surface area contributed by atoms with Gasteiger partial charge in [-0.05, 0) is 0 Å². The SMILES string of the molecule is C=CCC(F)(F)C(=O)[O-]. The average molecular weight is 135 g/mol. The van der Waals surface area contributed by atoms with E-state index in [1.54, 1.807) is 0 Å². The molecule has 0 N–H and O–H groups in total. The summed E-state index contributed by atoms with van der Waals surface area (Å²) in [5.74, 6) is -6.12. The minimum absolute atomic E-state index is 0.829. The molecule has 9 heavy (non-hydrogen) atoms. The van der Waals surface area contributed by atoms with Crippen LogP contribution in [0.1, 0.15) is 6.42 Å². The number of alkyl halides is 2. The highest BCUT2D eigenvalue weighted by molar-refractivity contribution is 5.73. The Morgan fingerprint density at radius 2 is 2.22 bits per heavy atom. The number of allylic oxidation sites excluding steroid dienone is 1. The maximum Gasteiger partial charge on any atom is 0.290 e. The van der Waals surface area contributed by atoms with Gasteiger partial charge in [-0.25, -0.2) is 0 Å². The minimum Gasteiger partial charge on any atom is -0.544 e. The summed E-state index contributed by atoms with van der Waals surface area (Å²) in [6.07, 6.45) is -0.0505.